The van der Waals surface area contributed by atoms with E-state index in [2.05, 4.69) is 4.98 Å². The highest BCUT2D eigenvalue weighted by Crippen LogP contribution is 2.34. The third-order valence-corrected chi connectivity index (χ3v) is 4.09. The summed E-state index contributed by atoms with van der Waals surface area (Å²) in [6, 6.07) is 11.4. The smallest absolute Gasteiger partial charge is 0.356 e. The number of anilines is 1. The normalized spacial score (nSPS) is 10.7. The molecular formula is C15H12N2O3S. The van der Waals surface area contributed by atoms with Gasteiger partial charge in [0.25, 0.3) is 0 Å². The number of carboxylic acid groups (broad SMARTS) is 1. The van der Waals surface area contributed by atoms with Crippen molar-refractivity contribution in [3.8, 4) is 16.2 Å². The third kappa shape index (κ3) is 2.41. The molecule has 6 heteroatoms. The predicted octanol–water partition coefficient (Wildman–Crippen LogP) is 3.25. The van der Waals surface area contributed by atoms with Gasteiger partial charge in [-0.15, -0.1) is 0 Å². The molecule has 1 heterocycles. The van der Waals surface area contributed by atoms with Crippen molar-refractivity contribution in [1.29, 1.82) is 0 Å². The Morgan fingerprint density at radius 2 is 1.95 bits per heavy atom. The number of ether oxygens (including phenoxy) is 1. The minimum absolute atomic E-state index is 0.00892. The largest absolute Gasteiger partial charge is 0.497 e. The molecule has 0 radical (unpaired) electrons. The first kappa shape index (κ1) is 13.4. The fourth-order valence-corrected chi connectivity index (χ4v) is 2.99. The minimum Gasteiger partial charge on any atom is -0.497 e. The van der Waals surface area contributed by atoms with Gasteiger partial charge in [-0.1, -0.05) is 29.5 Å². The van der Waals surface area contributed by atoms with Crippen LogP contribution < -0.4 is 10.5 Å². The van der Waals surface area contributed by atoms with Gasteiger partial charge in [0, 0.05) is 0 Å². The number of nitrogens with zero attached hydrogens (tertiary/aromatic N) is 1. The number of nitrogen functional groups attached to an aromatic ring is 1. The highest BCUT2D eigenvalue weighted by molar-refractivity contribution is 7.19. The zero-order chi connectivity index (χ0) is 15.0. The van der Waals surface area contributed by atoms with E-state index in [-0.39, 0.29) is 10.8 Å². The molecule has 0 aliphatic heterocycles. The Morgan fingerprint density at radius 3 is 2.67 bits per heavy atom. The maximum atomic E-state index is 11.2. The summed E-state index contributed by atoms with van der Waals surface area (Å²) in [5, 5.41) is 11.5. The first-order valence-electron chi connectivity index (χ1n) is 6.16. The molecule has 0 aliphatic carbocycles. The zero-order valence-corrected chi connectivity index (χ0v) is 12.0. The monoisotopic (exact) mass is 300 g/mol. The number of rotatable bonds is 3. The molecule has 0 saturated heterocycles. The molecule has 0 unspecified atom stereocenters. The lowest BCUT2D eigenvalue weighted by atomic mass is 10.0. The van der Waals surface area contributed by atoms with Gasteiger partial charge < -0.3 is 15.6 Å². The van der Waals surface area contributed by atoms with Crippen molar-refractivity contribution in [3.63, 3.8) is 0 Å². The molecule has 3 rings (SSSR count). The highest BCUT2D eigenvalue weighted by Gasteiger charge is 2.18. The fraction of sp³-hybridized carbons (Fsp3) is 0.0667. The van der Waals surface area contributed by atoms with Crippen molar-refractivity contribution in [3.05, 3.63) is 42.1 Å². The van der Waals surface area contributed by atoms with Crippen LogP contribution in [0.15, 0.2) is 36.4 Å². The van der Waals surface area contributed by atoms with Crippen LogP contribution in [0.2, 0.25) is 0 Å². The number of carboxylic acids is 1. The van der Waals surface area contributed by atoms with Crippen LogP contribution in [-0.4, -0.2) is 23.2 Å². The molecule has 0 spiro atoms. The van der Waals surface area contributed by atoms with E-state index in [9.17, 15) is 9.90 Å². The molecule has 106 valence electrons. The van der Waals surface area contributed by atoms with Crippen LogP contribution in [0, 0.1) is 0 Å². The molecule has 21 heavy (non-hydrogen) atoms. The number of fused-ring (bicyclic) bond motifs is 1. The number of hydrogen-bond donors (Lipinski definition) is 2. The number of aromatic carboxylic acids is 1. The number of methoxy groups -OCH3 is 1. The lowest BCUT2D eigenvalue weighted by molar-refractivity contribution is 0.0692. The quantitative estimate of drug-likeness (QED) is 0.775. The molecule has 0 aliphatic rings. The van der Waals surface area contributed by atoms with Crippen LogP contribution in [0.25, 0.3) is 21.2 Å². The number of carbonyl (C=O) groups is 1. The average molecular weight is 300 g/mol. The van der Waals surface area contributed by atoms with E-state index in [0.29, 0.717) is 4.88 Å². The van der Waals surface area contributed by atoms with E-state index in [0.717, 1.165) is 22.1 Å². The predicted molar refractivity (Wildman–Crippen MR) is 83.0 cm³/mol. The van der Waals surface area contributed by atoms with Gasteiger partial charge >= 0.3 is 5.97 Å². The maximum absolute atomic E-state index is 11.2. The Hall–Kier alpha value is -2.60. The van der Waals surface area contributed by atoms with Gasteiger partial charge in [-0.25, -0.2) is 9.78 Å². The maximum Gasteiger partial charge on any atom is 0.356 e. The van der Waals surface area contributed by atoms with Crippen molar-refractivity contribution in [2.24, 2.45) is 0 Å². The summed E-state index contributed by atoms with van der Waals surface area (Å²) >= 11 is 1.17. The van der Waals surface area contributed by atoms with Crippen LogP contribution in [0.1, 0.15) is 10.5 Å². The van der Waals surface area contributed by atoms with Crippen LogP contribution in [0.3, 0.4) is 0 Å². The minimum atomic E-state index is -1.08. The summed E-state index contributed by atoms with van der Waals surface area (Å²) in [4.78, 5) is 15.7. The molecule has 2 aromatic carbocycles. The van der Waals surface area contributed by atoms with Crippen LogP contribution in [0.4, 0.5) is 5.13 Å². The Labute approximate surface area is 124 Å². The molecule has 0 amide bonds. The Kier molecular flexibility index (Phi) is 3.23. The van der Waals surface area contributed by atoms with Gasteiger partial charge in [-0.05, 0) is 34.5 Å². The van der Waals surface area contributed by atoms with Crippen molar-refractivity contribution in [2.75, 3.05) is 12.8 Å². The molecule has 0 bridgehead atoms. The van der Waals surface area contributed by atoms with E-state index >= 15 is 0 Å². The van der Waals surface area contributed by atoms with Gasteiger partial charge in [0.05, 0.1) is 12.0 Å². The van der Waals surface area contributed by atoms with E-state index in [1.54, 1.807) is 7.11 Å². The van der Waals surface area contributed by atoms with E-state index in [1.165, 1.54) is 11.3 Å². The zero-order valence-electron chi connectivity index (χ0n) is 11.2. The summed E-state index contributed by atoms with van der Waals surface area (Å²) in [5.74, 6) is -0.295. The molecule has 0 saturated carbocycles. The van der Waals surface area contributed by atoms with Crippen LogP contribution in [-0.2, 0) is 0 Å². The van der Waals surface area contributed by atoms with Crippen molar-refractivity contribution in [2.45, 2.75) is 0 Å². The number of benzene rings is 2. The SMILES string of the molecule is COc1ccc2cc(-c3sc(N)nc3C(=O)O)ccc2c1. The number of hydrogen-bond acceptors (Lipinski definition) is 5. The summed E-state index contributed by atoms with van der Waals surface area (Å²) in [7, 11) is 1.62. The van der Waals surface area contributed by atoms with Crippen molar-refractivity contribution < 1.29 is 14.6 Å². The van der Waals surface area contributed by atoms with Crippen LogP contribution >= 0.6 is 11.3 Å². The number of aromatic nitrogens is 1. The standard InChI is InChI=1S/C15H12N2O3S/c1-20-11-5-4-8-6-10(3-2-9(8)7-11)13-12(14(18)19)17-15(16)21-13/h2-7H,1H3,(H2,16,17)(H,18,19). The lowest BCUT2D eigenvalue weighted by Gasteiger charge is -2.05. The summed E-state index contributed by atoms with van der Waals surface area (Å²) in [6.45, 7) is 0. The molecule has 3 N–H and O–H groups in total. The fourth-order valence-electron chi connectivity index (χ4n) is 2.17. The van der Waals surface area contributed by atoms with Gasteiger partial charge in [0.1, 0.15) is 5.75 Å². The average Bonchev–Trinajstić information content (AvgIpc) is 2.88. The summed E-state index contributed by atoms with van der Waals surface area (Å²) < 4.78 is 5.19. The molecule has 5 nitrogen and oxygen atoms in total. The second-order valence-electron chi connectivity index (χ2n) is 4.46. The van der Waals surface area contributed by atoms with Crippen molar-refractivity contribution >= 4 is 33.2 Å². The van der Waals surface area contributed by atoms with Gasteiger partial charge in [0.2, 0.25) is 0 Å². The van der Waals surface area contributed by atoms with Crippen LogP contribution in [0.5, 0.6) is 5.75 Å². The number of nitrogens with two attached hydrogens (primary N) is 1. The Balaban J connectivity index is 2.15. The van der Waals surface area contributed by atoms with Gasteiger partial charge in [-0.3, -0.25) is 0 Å². The Morgan fingerprint density at radius 1 is 1.24 bits per heavy atom. The van der Waals surface area contributed by atoms with Gasteiger partial charge in [-0.2, -0.15) is 0 Å². The highest BCUT2D eigenvalue weighted by atomic mass is 32.1. The van der Waals surface area contributed by atoms with Crippen molar-refractivity contribution in [1.82, 2.24) is 4.98 Å². The lowest BCUT2D eigenvalue weighted by Crippen LogP contribution is -1.99. The molecule has 3 aromatic rings. The molecular weight excluding hydrogens is 288 g/mol. The number of thiazole rings is 1. The topological polar surface area (TPSA) is 85.4 Å². The molecule has 0 atom stereocenters. The van der Waals surface area contributed by atoms with E-state index in [1.807, 2.05) is 36.4 Å². The first-order chi connectivity index (χ1) is 10.1. The second-order valence-corrected chi connectivity index (χ2v) is 5.49. The first-order valence-corrected chi connectivity index (χ1v) is 6.98. The molecule has 0 fully saturated rings. The van der Waals surface area contributed by atoms with E-state index < -0.39 is 5.97 Å². The van der Waals surface area contributed by atoms with E-state index in [4.69, 9.17) is 10.5 Å². The second kappa shape index (κ2) is 5.06. The molecule has 1 aromatic heterocycles. The Bertz CT molecular complexity index is 842. The third-order valence-electron chi connectivity index (χ3n) is 3.16. The summed E-state index contributed by atoms with van der Waals surface area (Å²) in [6.07, 6.45) is 0. The van der Waals surface area contributed by atoms with Gasteiger partial charge in [0.15, 0.2) is 10.8 Å². The summed E-state index contributed by atoms with van der Waals surface area (Å²) in [5.41, 5.74) is 6.41.